The van der Waals surface area contributed by atoms with Gasteiger partial charge in [-0.05, 0) is 12.1 Å². The summed E-state index contributed by atoms with van der Waals surface area (Å²) in [4.78, 5) is 17.3. The molecule has 11 heteroatoms. The number of sulfonamides is 1. The SMILES string of the molecule is NS(=O)(=O)c1ccccc1C(=O)N(CC(F)(F)F)C1CNOC1. The molecule has 1 aliphatic rings. The van der Waals surface area contributed by atoms with E-state index in [2.05, 4.69) is 5.48 Å². The van der Waals surface area contributed by atoms with Gasteiger partial charge in [0.1, 0.15) is 6.54 Å². The molecule has 1 saturated heterocycles. The molecular formula is C12H14F3N3O4S. The van der Waals surface area contributed by atoms with Crippen LogP contribution in [0, 0.1) is 0 Å². The topological polar surface area (TPSA) is 102 Å². The van der Waals surface area contributed by atoms with E-state index in [0.717, 1.165) is 12.1 Å². The lowest BCUT2D eigenvalue weighted by atomic mass is 10.1. The number of rotatable bonds is 4. The molecule has 1 aromatic rings. The van der Waals surface area contributed by atoms with Gasteiger partial charge in [0.25, 0.3) is 5.91 Å². The second-order valence-electron chi connectivity index (χ2n) is 4.90. The quantitative estimate of drug-likeness (QED) is 0.808. The molecule has 1 aromatic carbocycles. The van der Waals surface area contributed by atoms with Crippen molar-refractivity contribution in [1.29, 1.82) is 0 Å². The van der Waals surface area contributed by atoms with Crippen LogP contribution in [0.3, 0.4) is 0 Å². The normalized spacial score (nSPS) is 18.9. The van der Waals surface area contributed by atoms with E-state index in [4.69, 9.17) is 9.98 Å². The average Bonchev–Trinajstić information content (AvgIpc) is 2.96. The highest BCUT2D eigenvalue weighted by molar-refractivity contribution is 7.89. The Labute approximate surface area is 130 Å². The molecule has 1 atom stereocenters. The van der Waals surface area contributed by atoms with E-state index in [1.807, 2.05) is 0 Å². The Morgan fingerprint density at radius 2 is 2.04 bits per heavy atom. The van der Waals surface area contributed by atoms with E-state index in [1.54, 1.807) is 0 Å². The molecule has 128 valence electrons. The van der Waals surface area contributed by atoms with Crippen LogP contribution >= 0.6 is 0 Å². The lowest BCUT2D eigenvalue weighted by molar-refractivity contribution is -0.144. The second-order valence-corrected chi connectivity index (χ2v) is 6.43. The standard InChI is InChI=1S/C12H14F3N3O4S/c13-12(14,15)7-18(8-5-17-22-6-8)11(19)9-3-1-2-4-10(9)23(16,20)21/h1-4,8,17H,5-7H2,(H2,16,20,21). The Morgan fingerprint density at radius 1 is 1.39 bits per heavy atom. The molecule has 0 aliphatic carbocycles. The van der Waals surface area contributed by atoms with Crippen LogP contribution < -0.4 is 10.6 Å². The summed E-state index contributed by atoms with van der Waals surface area (Å²) in [7, 11) is -4.25. The zero-order valence-electron chi connectivity index (χ0n) is 11.7. The minimum atomic E-state index is -4.64. The van der Waals surface area contributed by atoms with Gasteiger partial charge in [0, 0.05) is 6.54 Å². The number of alkyl halides is 3. The molecular weight excluding hydrogens is 339 g/mol. The lowest BCUT2D eigenvalue weighted by Crippen LogP contribution is -2.48. The van der Waals surface area contributed by atoms with Crippen molar-refractivity contribution in [2.45, 2.75) is 17.1 Å². The first-order valence-corrected chi connectivity index (χ1v) is 7.98. The first-order chi connectivity index (χ1) is 10.6. The molecule has 7 nitrogen and oxygen atoms in total. The smallest absolute Gasteiger partial charge is 0.323 e. The Bertz CT molecular complexity index is 687. The summed E-state index contributed by atoms with van der Waals surface area (Å²) in [5.41, 5.74) is 1.97. The predicted molar refractivity (Wildman–Crippen MR) is 72.6 cm³/mol. The van der Waals surface area contributed by atoms with Crippen LogP contribution in [0.1, 0.15) is 10.4 Å². The number of nitrogens with one attached hydrogen (secondary N) is 1. The van der Waals surface area contributed by atoms with Gasteiger partial charge in [-0.15, -0.1) is 0 Å². The zero-order chi connectivity index (χ0) is 17.3. The van der Waals surface area contributed by atoms with Crippen LogP contribution in [-0.2, 0) is 14.9 Å². The molecule has 0 bridgehead atoms. The van der Waals surface area contributed by atoms with Crippen molar-refractivity contribution in [3.63, 3.8) is 0 Å². The third-order valence-corrected chi connectivity index (χ3v) is 4.14. The molecule has 23 heavy (non-hydrogen) atoms. The Morgan fingerprint density at radius 3 is 2.57 bits per heavy atom. The molecule has 0 radical (unpaired) electrons. The van der Waals surface area contributed by atoms with Crippen molar-refractivity contribution in [2.75, 3.05) is 19.7 Å². The van der Waals surface area contributed by atoms with Gasteiger partial charge in [-0.3, -0.25) is 9.63 Å². The fourth-order valence-corrected chi connectivity index (χ4v) is 2.91. The van der Waals surface area contributed by atoms with Crippen molar-refractivity contribution < 1.29 is 31.2 Å². The number of benzene rings is 1. The van der Waals surface area contributed by atoms with Crippen molar-refractivity contribution >= 4 is 15.9 Å². The summed E-state index contributed by atoms with van der Waals surface area (Å²) in [6, 6.07) is 3.98. The number of carbonyl (C=O) groups excluding carboxylic acids is 1. The summed E-state index contributed by atoms with van der Waals surface area (Å²) >= 11 is 0. The van der Waals surface area contributed by atoms with Crippen LogP contribution in [-0.4, -0.2) is 51.1 Å². The number of nitrogens with two attached hydrogens (primary N) is 1. The summed E-state index contributed by atoms with van der Waals surface area (Å²) in [6.07, 6.45) is -4.64. The molecule has 0 aromatic heterocycles. The summed E-state index contributed by atoms with van der Waals surface area (Å²) in [6.45, 7) is -1.67. The van der Waals surface area contributed by atoms with Crippen LogP contribution in [0.5, 0.6) is 0 Å². The van der Waals surface area contributed by atoms with Gasteiger partial charge in [0.2, 0.25) is 10.0 Å². The van der Waals surface area contributed by atoms with Crippen LogP contribution in [0.2, 0.25) is 0 Å². The summed E-state index contributed by atoms with van der Waals surface area (Å²) in [5, 5.41) is 5.02. The fraction of sp³-hybridized carbons (Fsp3) is 0.417. The first kappa shape index (κ1) is 17.7. The van der Waals surface area contributed by atoms with Gasteiger partial charge in [-0.1, -0.05) is 12.1 Å². The zero-order valence-corrected chi connectivity index (χ0v) is 12.5. The van der Waals surface area contributed by atoms with Gasteiger partial charge in [-0.2, -0.15) is 13.2 Å². The molecule has 1 aliphatic heterocycles. The van der Waals surface area contributed by atoms with Gasteiger partial charge < -0.3 is 4.90 Å². The number of hydroxylamine groups is 1. The van der Waals surface area contributed by atoms with Crippen molar-refractivity contribution in [2.24, 2.45) is 5.14 Å². The predicted octanol–water partition coefficient (Wildman–Crippen LogP) is 0.242. The van der Waals surface area contributed by atoms with E-state index < -0.39 is 45.2 Å². The number of primary sulfonamides is 1. The maximum atomic E-state index is 12.8. The molecule has 2 rings (SSSR count). The van der Waals surface area contributed by atoms with Gasteiger partial charge in [0.15, 0.2) is 0 Å². The van der Waals surface area contributed by atoms with E-state index in [9.17, 15) is 26.4 Å². The largest absolute Gasteiger partial charge is 0.406 e. The number of nitrogens with zero attached hydrogens (tertiary/aromatic N) is 1. The van der Waals surface area contributed by atoms with E-state index >= 15 is 0 Å². The third kappa shape index (κ3) is 4.41. The van der Waals surface area contributed by atoms with Crippen LogP contribution in [0.25, 0.3) is 0 Å². The van der Waals surface area contributed by atoms with Crippen LogP contribution in [0.15, 0.2) is 29.2 Å². The van der Waals surface area contributed by atoms with E-state index in [-0.39, 0.29) is 13.2 Å². The van der Waals surface area contributed by atoms with E-state index in [0.29, 0.717) is 4.90 Å². The maximum Gasteiger partial charge on any atom is 0.406 e. The Kier molecular flexibility index (Phi) is 4.94. The minimum Gasteiger partial charge on any atom is -0.323 e. The molecule has 0 saturated carbocycles. The van der Waals surface area contributed by atoms with Crippen molar-refractivity contribution in [3.05, 3.63) is 29.8 Å². The fourth-order valence-electron chi connectivity index (χ4n) is 2.18. The minimum absolute atomic E-state index is 0.000633. The number of hydrogen-bond acceptors (Lipinski definition) is 5. The molecule has 1 amide bonds. The van der Waals surface area contributed by atoms with E-state index in [1.165, 1.54) is 12.1 Å². The highest BCUT2D eigenvalue weighted by Crippen LogP contribution is 2.23. The molecule has 0 spiro atoms. The number of amides is 1. The van der Waals surface area contributed by atoms with Gasteiger partial charge in [0.05, 0.1) is 23.1 Å². The first-order valence-electron chi connectivity index (χ1n) is 6.44. The molecule has 1 unspecified atom stereocenters. The highest BCUT2D eigenvalue weighted by atomic mass is 32.2. The van der Waals surface area contributed by atoms with Gasteiger partial charge in [-0.25, -0.2) is 19.0 Å². The monoisotopic (exact) mass is 353 g/mol. The molecule has 1 fully saturated rings. The number of carbonyl (C=O) groups is 1. The van der Waals surface area contributed by atoms with Crippen LogP contribution in [0.4, 0.5) is 13.2 Å². The summed E-state index contributed by atoms with van der Waals surface area (Å²) < 4.78 is 61.4. The average molecular weight is 353 g/mol. The second kappa shape index (κ2) is 6.43. The third-order valence-electron chi connectivity index (χ3n) is 3.17. The number of hydrogen-bond donors (Lipinski definition) is 2. The lowest BCUT2D eigenvalue weighted by Gasteiger charge is -2.29. The van der Waals surface area contributed by atoms with Crippen molar-refractivity contribution in [3.8, 4) is 0 Å². The summed E-state index contributed by atoms with van der Waals surface area (Å²) in [5.74, 6) is -1.08. The Hall–Kier alpha value is -1.69. The molecule has 1 heterocycles. The van der Waals surface area contributed by atoms with Crippen molar-refractivity contribution in [1.82, 2.24) is 10.4 Å². The highest BCUT2D eigenvalue weighted by Gasteiger charge is 2.39. The Balaban J connectivity index is 2.42. The van der Waals surface area contributed by atoms with Gasteiger partial charge >= 0.3 is 6.18 Å². The maximum absolute atomic E-state index is 12.8. The molecule has 3 N–H and O–H groups in total. The number of halogens is 3.